The number of hydrogen-bond donors (Lipinski definition) is 1. The number of pyridine rings is 1. The third-order valence-electron chi connectivity index (χ3n) is 4.30. The molecule has 8 nitrogen and oxygen atoms in total. The lowest BCUT2D eigenvalue weighted by Crippen LogP contribution is -2.50. The van der Waals surface area contributed by atoms with Gasteiger partial charge in [0.25, 0.3) is 0 Å². The van der Waals surface area contributed by atoms with Crippen LogP contribution in [0.4, 0.5) is 0 Å². The zero-order chi connectivity index (χ0) is 17.1. The summed E-state index contributed by atoms with van der Waals surface area (Å²) in [6.45, 7) is 1.29. The predicted molar refractivity (Wildman–Crippen MR) is 81.7 cm³/mol. The Balaban J connectivity index is 1.60. The fraction of sp³-hybridized carbons (Fsp3) is 0.500. The molecule has 0 unspecified atom stereocenters. The van der Waals surface area contributed by atoms with Crippen LogP contribution in [0.3, 0.4) is 0 Å². The van der Waals surface area contributed by atoms with Crippen molar-refractivity contribution in [3.05, 3.63) is 30.1 Å². The van der Waals surface area contributed by atoms with E-state index in [2.05, 4.69) is 4.98 Å². The van der Waals surface area contributed by atoms with Crippen molar-refractivity contribution < 1.29 is 24.2 Å². The normalized spacial score (nSPS) is 24.2. The summed E-state index contributed by atoms with van der Waals surface area (Å²) in [6, 6.07) is 5.49. The summed E-state index contributed by atoms with van der Waals surface area (Å²) in [4.78, 5) is 43.1. The first-order chi connectivity index (χ1) is 11.5. The molecular formula is C16H19N3O5. The molecule has 2 aliphatic heterocycles. The minimum atomic E-state index is -1.08. The second kappa shape index (κ2) is 6.96. The van der Waals surface area contributed by atoms with Gasteiger partial charge in [-0.15, -0.1) is 0 Å². The van der Waals surface area contributed by atoms with Crippen LogP contribution >= 0.6 is 0 Å². The van der Waals surface area contributed by atoms with Gasteiger partial charge in [0, 0.05) is 25.7 Å². The van der Waals surface area contributed by atoms with E-state index in [1.54, 1.807) is 17.2 Å². The zero-order valence-electron chi connectivity index (χ0n) is 13.1. The van der Waals surface area contributed by atoms with Gasteiger partial charge < -0.3 is 19.6 Å². The average Bonchev–Trinajstić information content (AvgIpc) is 2.96. The number of morpholine rings is 1. The fourth-order valence-electron chi connectivity index (χ4n) is 3.03. The maximum absolute atomic E-state index is 12.6. The molecule has 2 fully saturated rings. The smallest absolute Gasteiger partial charge is 0.334 e. The molecule has 0 bridgehead atoms. The Morgan fingerprint density at radius 1 is 1.33 bits per heavy atom. The highest BCUT2D eigenvalue weighted by Gasteiger charge is 2.38. The first kappa shape index (κ1) is 16.4. The second-order valence-corrected chi connectivity index (χ2v) is 5.98. The SMILES string of the molecule is O=C(O)[C@@H]1CN(C(=O)[C@@H]2CC(=O)N(Cc3ccccn3)C2)CCO1. The monoisotopic (exact) mass is 333 g/mol. The first-order valence-electron chi connectivity index (χ1n) is 7.85. The van der Waals surface area contributed by atoms with Gasteiger partial charge in [-0.3, -0.25) is 14.6 Å². The summed E-state index contributed by atoms with van der Waals surface area (Å²) in [7, 11) is 0. The van der Waals surface area contributed by atoms with Crippen LogP contribution in [-0.4, -0.2) is 70.0 Å². The number of likely N-dealkylation sites (tertiary alicyclic amines) is 1. The number of aromatic nitrogens is 1. The zero-order valence-corrected chi connectivity index (χ0v) is 13.1. The van der Waals surface area contributed by atoms with Crippen LogP contribution in [-0.2, 0) is 25.7 Å². The molecule has 2 atom stereocenters. The number of carbonyl (C=O) groups is 3. The summed E-state index contributed by atoms with van der Waals surface area (Å²) in [6.07, 6.45) is 0.823. The molecule has 1 aromatic rings. The van der Waals surface area contributed by atoms with Gasteiger partial charge in [-0.1, -0.05) is 6.07 Å². The van der Waals surface area contributed by atoms with Gasteiger partial charge in [0.2, 0.25) is 11.8 Å². The molecule has 2 amide bonds. The van der Waals surface area contributed by atoms with Crippen LogP contribution in [0, 0.1) is 5.92 Å². The lowest BCUT2D eigenvalue weighted by molar-refractivity contribution is -0.160. The van der Waals surface area contributed by atoms with Gasteiger partial charge in [-0.2, -0.15) is 0 Å². The Hall–Kier alpha value is -2.48. The van der Waals surface area contributed by atoms with E-state index in [0.717, 1.165) is 5.69 Å². The lowest BCUT2D eigenvalue weighted by Gasteiger charge is -2.32. The summed E-state index contributed by atoms with van der Waals surface area (Å²) in [5, 5.41) is 9.02. The molecule has 0 aliphatic carbocycles. The van der Waals surface area contributed by atoms with Crippen molar-refractivity contribution in [3.63, 3.8) is 0 Å². The number of aliphatic carboxylic acids is 1. The largest absolute Gasteiger partial charge is 0.479 e. The van der Waals surface area contributed by atoms with Crippen LogP contribution in [0.25, 0.3) is 0 Å². The van der Waals surface area contributed by atoms with Crippen LogP contribution in [0.15, 0.2) is 24.4 Å². The first-order valence-corrected chi connectivity index (χ1v) is 7.85. The second-order valence-electron chi connectivity index (χ2n) is 5.98. The van der Waals surface area contributed by atoms with E-state index in [1.807, 2.05) is 12.1 Å². The molecule has 1 aromatic heterocycles. The Kier molecular flexibility index (Phi) is 4.75. The lowest BCUT2D eigenvalue weighted by atomic mass is 10.1. The van der Waals surface area contributed by atoms with Gasteiger partial charge in [-0.25, -0.2) is 4.79 Å². The molecule has 3 heterocycles. The molecule has 0 spiro atoms. The highest BCUT2D eigenvalue weighted by Crippen LogP contribution is 2.22. The minimum absolute atomic E-state index is 0.0269. The van der Waals surface area contributed by atoms with E-state index in [-0.39, 0.29) is 31.4 Å². The van der Waals surface area contributed by atoms with Crippen molar-refractivity contribution in [1.29, 1.82) is 0 Å². The Morgan fingerprint density at radius 3 is 2.88 bits per heavy atom. The van der Waals surface area contributed by atoms with Gasteiger partial charge >= 0.3 is 5.97 Å². The van der Waals surface area contributed by atoms with Gasteiger partial charge in [0.05, 0.1) is 31.3 Å². The van der Waals surface area contributed by atoms with Crippen molar-refractivity contribution in [3.8, 4) is 0 Å². The quantitative estimate of drug-likeness (QED) is 0.815. The predicted octanol–water partition coefficient (Wildman–Crippen LogP) is -0.258. The highest BCUT2D eigenvalue weighted by molar-refractivity contribution is 5.89. The molecule has 0 saturated carbocycles. The summed E-state index contributed by atoms with van der Waals surface area (Å²) in [5.41, 5.74) is 0.774. The van der Waals surface area contributed by atoms with Crippen LogP contribution in [0.5, 0.6) is 0 Å². The average molecular weight is 333 g/mol. The van der Waals surface area contributed by atoms with Gasteiger partial charge in [0.1, 0.15) is 0 Å². The topological polar surface area (TPSA) is 100 Å². The molecule has 0 aromatic carbocycles. The van der Waals surface area contributed by atoms with Crippen LogP contribution in [0.2, 0.25) is 0 Å². The number of carbonyl (C=O) groups excluding carboxylic acids is 2. The van der Waals surface area contributed by atoms with Crippen molar-refractivity contribution in [2.24, 2.45) is 5.92 Å². The van der Waals surface area contributed by atoms with E-state index < -0.39 is 18.0 Å². The number of ether oxygens (including phenoxy) is 1. The molecule has 2 aliphatic rings. The van der Waals surface area contributed by atoms with Crippen LogP contribution in [0.1, 0.15) is 12.1 Å². The molecule has 24 heavy (non-hydrogen) atoms. The molecule has 1 N–H and O–H groups in total. The van der Waals surface area contributed by atoms with Crippen molar-refractivity contribution >= 4 is 17.8 Å². The van der Waals surface area contributed by atoms with Crippen molar-refractivity contribution in [1.82, 2.24) is 14.8 Å². The number of carboxylic acid groups (broad SMARTS) is 1. The van der Waals surface area contributed by atoms with E-state index in [9.17, 15) is 14.4 Å². The maximum atomic E-state index is 12.6. The van der Waals surface area contributed by atoms with E-state index >= 15 is 0 Å². The Bertz CT molecular complexity index is 636. The summed E-state index contributed by atoms with van der Waals surface area (Å²) < 4.78 is 5.12. The molecule has 128 valence electrons. The molecule has 3 rings (SSSR count). The summed E-state index contributed by atoms with van der Waals surface area (Å²) in [5.74, 6) is -1.77. The molecule has 2 saturated heterocycles. The van der Waals surface area contributed by atoms with Gasteiger partial charge in [0.15, 0.2) is 6.10 Å². The van der Waals surface area contributed by atoms with E-state index in [1.165, 1.54) is 4.90 Å². The third-order valence-corrected chi connectivity index (χ3v) is 4.30. The van der Waals surface area contributed by atoms with Gasteiger partial charge in [-0.05, 0) is 12.1 Å². The summed E-state index contributed by atoms with van der Waals surface area (Å²) >= 11 is 0. The number of amides is 2. The molecule has 0 radical (unpaired) electrons. The number of nitrogens with zero attached hydrogens (tertiary/aromatic N) is 3. The van der Waals surface area contributed by atoms with E-state index in [0.29, 0.717) is 19.6 Å². The number of rotatable bonds is 4. The Morgan fingerprint density at radius 2 is 2.17 bits per heavy atom. The Labute approximate surface area is 139 Å². The number of carboxylic acids is 1. The van der Waals surface area contributed by atoms with Crippen molar-refractivity contribution in [2.45, 2.75) is 19.1 Å². The molecular weight excluding hydrogens is 314 g/mol. The highest BCUT2D eigenvalue weighted by atomic mass is 16.5. The van der Waals surface area contributed by atoms with E-state index in [4.69, 9.17) is 9.84 Å². The van der Waals surface area contributed by atoms with Crippen molar-refractivity contribution in [2.75, 3.05) is 26.2 Å². The van der Waals surface area contributed by atoms with Crippen LogP contribution < -0.4 is 0 Å². The minimum Gasteiger partial charge on any atom is -0.479 e. The molecule has 8 heteroatoms. The third kappa shape index (κ3) is 3.53. The number of hydrogen-bond acceptors (Lipinski definition) is 5. The fourth-order valence-corrected chi connectivity index (χ4v) is 3.03. The standard InChI is InChI=1S/C16H19N3O5/c20-14-7-11(8-19(14)9-12-3-1-2-4-17-12)15(21)18-5-6-24-13(10-18)16(22)23/h1-4,11,13H,5-10H2,(H,22,23)/t11-,13+/m1/s1. The maximum Gasteiger partial charge on any atom is 0.334 e.